The van der Waals surface area contributed by atoms with Crippen LogP contribution in [0, 0.1) is 12.7 Å². The van der Waals surface area contributed by atoms with Crippen molar-refractivity contribution in [2.45, 2.75) is 19.3 Å². The van der Waals surface area contributed by atoms with Crippen LogP contribution in [0.15, 0.2) is 48.5 Å². The highest BCUT2D eigenvalue weighted by Gasteiger charge is 2.13. The maximum absolute atomic E-state index is 13.6. The molecule has 0 fully saturated rings. The third kappa shape index (κ3) is 3.11. The SMILES string of the molecule is Cc1ccc(C(CCl)Cc2ccccc2F)cc1. The molecule has 1 atom stereocenters. The zero-order chi connectivity index (χ0) is 13.0. The first-order valence-electron chi connectivity index (χ1n) is 6.06. The van der Waals surface area contributed by atoms with Gasteiger partial charge in [-0.2, -0.15) is 0 Å². The third-order valence-electron chi connectivity index (χ3n) is 3.16. The van der Waals surface area contributed by atoms with Crippen molar-refractivity contribution < 1.29 is 4.39 Å². The molecule has 0 aromatic heterocycles. The van der Waals surface area contributed by atoms with Crippen molar-refractivity contribution in [3.63, 3.8) is 0 Å². The molecule has 1 unspecified atom stereocenters. The Morgan fingerprint density at radius 1 is 1.06 bits per heavy atom. The molecule has 0 N–H and O–H groups in total. The van der Waals surface area contributed by atoms with Crippen molar-refractivity contribution in [2.75, 3.05) is 5.88 Å². The largest absolute Gasteiger partial charge is 0.207 e. The fraction of sp³-hybridized carbons (Fsp3) is 0.250. The van der Waals surface area contributed by atoms with Gasteiger partial charge in [-0.05, 0) is 30.5 Å². The molecule has 0 aliphatic heterocycles. The highest BCUT2D eigenvalue weighted by Crippen LogP contribution is 2.24. The van der Waals surface area contributed by atoms with Gasteiger partial charge in [-0.15, -0.1) is 11.6 Å². The molecule has 0 saturated carbocycles. The normalized spacial score (nSPS) is 12.4. The highest BCUT2D eigenvalue weighted by molar-refractivity contribution is 6.18. The Bertz CT molecular complexity index is 505. The molecule has 2 aromatic rings. The van der Waals surface area contributed by atoms with Crippen LogP contribution in [-0.4, -0.2) is 5.88 Å². The number of alkyl halides is 1. The number of aryl methyl sites for hydroxylation is 1. The smallest absolute Gasteiger partial charge is 0.126 e. The average molecular weight is 263 g/mol. The van der Waals surface area contributed by atoms with Crippen molar-refractivity contribution in [3.05, 3.63) is 71.0 Å². The van der Waals surface area contributed by atoms with Gasteiger partial charge in [0.25, 0.3) is 0 Å². The summed E-state index contributed by atoms with van der Waals surface area (Å²) < 4.78 is 13.6. The molecule has 0 amide bonds. The zero-order valence-electron chi connectivity index (χ0n) is 10.4. The van der Waals surface area contributed by atoms with Crippen LogP contribution in [0.5, 0.6) is 0 Å². The van der Waals surface area contributed by atoms with Gasteiger partial charge in [0.15, 0.2) is 0 Å². The van der Waals surface area contributed by atoms with E-state index in [1.165, 1.54) is 17.2 Å². The second kappa shape index (κ2) is 6.01. The molecule has 0 aliphatic carbocycles. The monoisotopic (exact) mass is 262 g/mol. The Morgan fingerprint density at radius 2 is 1.72 bits per heavy atom. The Labute approximate surface area is 112 Å². The molecule has 0 aliphatic rings. The lowest BCUT2D eigenvalue weighted by Crippen LogP contribution is -2.06. The van der Waals surface area contributed by atoms with E-state index in [0.717, 1.165) is 5.56 Å². The van der Waals surface area contributed by atoms with Gasteiger partial charge in [0, 0.05) is 11.8 Å². The van der Waals surface area contributed by atoms with E-state index in [1.807, 2.05) is 12.1 Å². The van der Waals surface area contributed by atoms with E-state index in [9.17, 15) is 4.39 Å². The standard InChI is InChI=1S/C16H16ClF/c1-12-6-8-13(9-7-12)15(11-17)10-14-4-2-3-5-16(14)18/h2-9,15H,10-11H2,1H3. The van der Waals surface area contributed by atoms with Gasteiger partial charge in [0.1, 0.15) is 5.82 Å². The van der Waals surface area contributed by atoms with Gasteiger partial charge < -0.3 is 0 Å². The number of hydrogen-bond acceptors (Lipinski definition) is 0. The second-order valence-electron chi connectivity index (χ2n) is 4.56. The van der Waals surface area contributed by atoms with Crippen LogP contribution in [0.2, 0.25) is 0 Å². The van der Waals surface area contributed by atoms with E-state index in [-0.39, 0.29) is 11.7 Å². The van der Waals surface area contributed by atoms with E-state index < -0.39 is 0 Å². The van der Waals surface area contributed by atoms with E-state index in [2.05, 4.69) is 31.2 Å². The fourth-order valence-electron chi connectivity index (χ4n) is 2.03. The first-order chi connectivity index (χ1) is 8.70. The van der Waals surface area contributed by atoms with Gasteiger partial charge in [0.2, 0.25) is 0 Å². The van der Waals surface area contributed by atoms with Crippen LogP contribution in [0.4, 0.5) is 4.39 Å². The molecule has 0 radical (unpaired) electrons. The molecule has 0 saturated heterocycles. The topological polar surface area (TPSA) is 0 Å². The van der Waals surface area contributed by atoms with Gasteiger partial charge in [0.05, 0.1) is 0 Å². The lowest BCUT2D eigenvalue weighted by Gasteiger charge is -2.15. The minimum absolute atomic E-state index is 0.153. The van der Waals surface area contributed by atoms with E-state index in [4.69, 9.17) is 11.6 Å². The van der Waals surface area contributed by atoms with Crippen molar-refractivity contribution >= 4 is 11.6 Å². The second-order valence-corrected chi connectivity index (χ2v) is 4.87. The predicted octanol–water partition coefficient (Wildman–Crippen LogP) is 4.70. The summed E-state index contributed by atoms with van der Waals surface area (Å²) in [6.07, 6.45) is 0.638. The Hall–Kier alpha value is -1.34. The maximum Gasteiger partial charge on any atom is 0.126 e. The van der Waals surface area contributed by atoms with Crippen LogP contribution in [0.25, 0.3) is 0 Å². The lowest BCUT2D eigenvalue weighted by atomic mass is 9.93. The predicted molar refractivity (Wildman–Crippen MR) is 74.7 cm³/mol. The Balaban J connectivity index is 2.20. The molecule has 2 aromatic carbocycles. The van der Waals surface area contributed by atoms with Crippen molar-refractivity contribution in [3.8, 4) is 0 Å². The quantitative estimate of drug-likeness (QED) is 0.701. The summed E-state index contributed by atoms with van der Waals surface area (Å²) in [5, 5.41) is 0. The van der Waals surface area contributed by atoms with Gasteiger partial charge in [-0.3, -0.25) is 0 Å². The number of rotatable bonds is 4. The molecular weight excluding hydrogens is 247 g/mol. The summed E-state index contributed by atoms with van der Waals surface area (Å²) in [5.41, 5.74) is 3.11. The average Bonchev–Trinajstić information content (AvgIpc) is 2.39. The van der Waals surface area contributed by atoms with Crippen LogP contribution >= 0.6 is 11.6 Å². The molecule has 0 nitrogen and oxygen atoms in total. The summed E-state index contributed by atoms with van der Waals surface area (Å²) in [5.74, 6) is 0.501. The number of benzene rings is 2. The third-order valence-corrected chi connectivity index (χ3v) is 3.53. The van der Waals surface area contributed by atoms with Crippen LogP contribution in [0.3, 0.4) is 0 Å². The minimum atomic E-state index is -0.153. The summed E-state index contributed by atoms with van der Waals surface area (Å²) >= 11 is 6.02. The summed E-state index contributed by atoms with van der Waals surface area (Å²) in [6, 6.07) is 15.2. The van der Waals surface area contributed by atoms with E-state index in [1.54, 1.807) is 6.07 Å². The Kier molecular flexibility index (Phi) is 4.38. The molecule has 2 heteroatoms. The lowest BCUT2D eigenvalue weighted by molar-refractivity contribution is 0.598. The van der Waals surface area contributed by atoms with Crippen LogP contribution < -0.4 is 0 Å². The maximum atomic E-state index is 13.6. The zero-order valence-corrected chi connectivity index (χ0v) is 11.1. The first-order valence-corrected chi connectivity index (χ1v) is 6.60. The molecule has 2 rings (SSSR count). The molecule has 18 heavy (non-hydrogen) atoms. The number of hydrogen-bond donors (Lipinski definition) is 0. The van der Waals surface area contributed by atoms with Crippen molar-refractivity contribution in [1.82, 2.24) is 0 Å². The summed E-state index contributed by atoms with van der Waals surface area (Å²) in [6.45, 7) is 2.05. The van der Waals surface area contributed by atoms with Gasteiger partial charge >= 0.3 is 0 Å². The molecular formula is C16H16ClF. The fourth-order valence-corrected chi connectivity index (χ4v) is 2.32. The summed E-state index contributed by atoms with van der Waals surface area (Å²) in [4.78, 5) is 0. The van der Waals surface area contributed by atoms with Gasteiger partial charge in [-0.1, -0.05) is 48.0 Å². The Morgan fingerprint density at radius 3 is 2.33 bits per heavy atom. The highest BCUT2D eigenvalue weighted by atomic mass is 35.5. The summed E-state index contributed by atoms with van der Waals surface area (Å²) in [7, 11) is 0. The van der Waals surface area contributed by atoms with Crippen LogP contribution in [0.1, 0.15) is 22.6 Å². The molecule has 94 valence electrons. The van der Waals surface area contributed by atoms with E-state index >= 15 is 0 Å². The van der Waals surface area contributed by atoms with Crippen LogP contribution in [-0.2, 0) is 6.42 Å². The first kappa shape index (κ1) is 13.1. The van der Waals surface area contributed by atoms with Crippen molar-refractivity contribution in [1.29, 1.82) is 0 Å². The number of halogens is 2. The van der Waals surface area contributed by atoms with E-state index in [0.29, 0.717) is 12.3 Å². The minimum Gasteiger partial charge on any atom is -0.207 e. The van der Waals surface area contributed by atoms with Crippen molar-refractivity contribution in [2.24, 2.45) is 0 Å². The molecule has 0 heterocycles. The van der Waals surface area contributed by atoms with Gasteiger partial charge in [-0.25, -0.2) is 4.39 Å². The molecule has 0 bridgehead atoms. The molecule has 0 spiro atoms.